The van der Waals surface area contributed by atoms with Crippen LogP contribution < -0.4 is 20.7 Å². The number of rotatable bonds is 5. The van der Waals surface area contributed by atoms with Crippen molar-refractivity contribution in [2.24, 2.45) is 11.8 Å². The van der Waals surface area contributed by atoms with Gasteiger partial charge < -0.3 is 20.7 Å². The molecule has 0 radical (unpaired) electrons. The van der Waals surface area contributed by atoms with Crippen LogP contribution in [0.2, 0.25) is 0 Å². The third kappa shape index (κ3) is 4.15. The van der Waals surface area contributed by atoms with Crippen molar-refractivity contribution in [1.29, 1.82) is 0 Å². The highest BCUT2D eigenvalue weighted by atomic mass is 19.1. The van der Waals surface area contributed by atoms with Gasteiger partial charge in [-0.15, -0.1) is 0 Å². The SMILES string of the molecule is C[C@@H]1CCNC(=O)[C@@H]1NC(=O)Nc1cc(F)ccc1OCC1CC1. The fourth-order valence-corrected chi connectivity index (χ4v) is 2.68. The van der Waals surface area contributed by atoms with Crippen LogP contribution in [0.5, 0.6) is 5.75 Å². The van der Waals surface area contributed by atoms with Crippen LogP contribution in [0.1, 0.15) is 26.2 Å². The first-order chi connectivity index (χ1) is 11.5. The summed E-state index contributed by atoms with van der Waals surface area (Å²) >= 11 is 0. The molecule has 0 spiro atoms. The molecule has 2 atom stereocenters. The molecule has 1 aliphatic heterocycles. The zero-order valence-corrected chi connectivity index (χ0v) is 13.6. The van der Waals surface area contributed by atoms with Crippen LogP contribution in [0.15, 0.2) is 18.2 Å². The molecule has 1 aliphatic carbocycles. The molecular weight excluding hydrogens is 313 g/mol. The summed E-state index contributed by atoms with van der Waals surface area (Å²) in [5.74, 6) is 0.354. The first-order valence-electron chi connectivity index (χ1n) is 8.30. The lowest BCUT2D eigenvalue weighted by Crippen LogP contribution is -2.55. The maximum atomic E-state index is 13.5. The van der Waals surface area contributed by atoms with Crippen LogP contribution in [0, 0.1) is 17.7 Å². The molecule has 130 valence electrons. The summed E-state index contributed by atoms with van der Waals surface area (Å²) in [4.78, 5) is 24.1. The molecule has 3 rings (SSSR count). The number of hydrogen-bond acceptors (Lipinski definition) is 3. The molecule has 3 N–H and O–H groups in total. The molecule has 1 aromatic carbocycles. The van der Waals surface area contributed by atoms with Gasteiger partial charge in [0.1, 0.15) is 17.6 Å². The van der Waals surface area contributed by atoms with E-state index in [-0.39, 0.29) is 17.5 Å². The molecule has 1 saturated heterocycles. The number of piperidine rings is 1. The minimum atomic E-state index is -0.594. The van der Waals surface area contributed by atoms with E-state index in [1.165, 1.54) is 18.2 Å². The van der Waals surface area contributed by atoms with Gasteiger partial charge >= 0.3 is 6.03 Å². The lowest BCUT2D eigenvalue weighted by Gasteiger charge is -2.29. The summed E-state index contributed by atoms with van der Waals surface area (Å²) in [6, 6.07) is 2.87. The van der Waals surface area contributed by atoms with Crippen molar-refractivity contribution in [1.82, 2.24) is 10.6 Å². The molecule has 0 aromatic heterocycles. The second-order valence-electron chi connectivity index (χ2n) is 6.53. The Hall–Kier alpha value is -2.31. The van der Waals surface area contributed by atoms with Crippen LogP contribution in [0.4, 0.5) is 14.9 Å². The minimum Gasteiger partial charge on any atom is -0.491 e. The highest BCUT2D eigenvalue weighted by molar-refractivity contribution is 5.95. The summed E-state index contributed by atoms with van der Waals surface area (Å²) in [5.41, 5.74) is 0.261. The monoisotopic (exact) mass is 335 g/mol. The van der Waals surface area contributed by atoms with Gasteiger partial charge in [-0.05, 0) is 43.2 Å². The third-order valence-electron chi connectivity index (χ3n) is 4.40. The molecule has 1 aromatic rings. The number of anilines is 1. The molecule has 0 unspecified atom stereocenters. The van der Waals surface area contributed by atoms with Crippen molar-refractivity contribution in [3.05, 3.63) is 24.0 Å². The number of nitrogens with one attached hydrogen (secondary N) is 3. The Labute approximate surface area is 140 Å². The quantitative estimate of drug-likeness (QED) is 0.772. The van der Waals surface area contributed by atoms with E-state index in [1.54, 1.807) is 0 Å². The van der Waals surface area contributed by atoms with Gasteiger partial charge in [0.05, 0.1) is 12.3 Å². The predicted octanol–water partition coefficient (Wildman–Crippen LogP) is 2.26. The first-order valence-corrected chi connectivity index (χ1v) is 8.30. The van der Waals surface area contributed by atoms with Crippen molar-refractivity contribution in [3.8, 4) is 5.75 Å². The molecule has 3 amide bonds. The Morgan fingerprint density at radius 1 is 1.38 bits per heavy atom. The largest absolute Gasteiger partial charge is 0.491 e. The van der Waals surface area contributed by atoms with Crippen molar-refractivity contribution < 1.29 is 18.7 Å². The Kier molecular flexibility index (Phi) is 4.87. The van der Waals surface area contributed by atoms with E-state index < -0.39 is 17.9 Å². The van der Waals surface area contributed by atoms with Gasteiger partial charge in [-0.2, -0.15) is 0 Å². The lowest BCUT2D eigenvalue weighted by molar-refractivity contribution is -0.125. The van der Waals surface area contributed by atoms with Crippen LogP contribution in [0.3, 0.4) is 0 Å². The summed E-state index contributed by atoms with van der Waals surface area (Å²) in [6.07, 6.45) is 3.07. The second-order valence-corrected chi connectivity index (χ2v) is 6.53. The fraction of sp³-hybridized carbons (Fsp3) is 0.529. The predicted molar refractivity (Wildman–Crippen MR) is 87.4 cm³/mol. The van der Waals surface area contributed by atoms with Crippen LogP contribution >= 0.6 is 0 Å². The molecule has 6 nitrogen and oxygen atoms in total. The average Bonchev–Trinajstić information content (AvgIpc) is 3.35. The summed E-state index contributed by atoms with van der Waals surface area (Å²) in [7, 11) is 0. The molecule has 0 bridgehead atoms. The van der Waals surface area contributed by atoms with E-state index in [0.717, 1.165) is 19.3 Å². The van der Waals surface area contributed by atoms with Gasteiger partial charge in [-0.25, -0.2) is 9.18 Å². The second kappa shape index (κ2) is 7.07. The maximum absolute atomic E-state index is 13.5. The van der Waals surface area contributed by atoms with Crippen molar-refractivity contribution in [2.45, 2.75) is 32.2 Å². The number of carbonyl (C=O) groups excluding carboxylic acids is 2. The van der Waals surface area contributed by atoms with Crippen LogP contribution in [-0.4, -0.2) is 31.1 Å². The van der Waals surface area contributed by atoms with Gasteiger partial charge in [0, 0.05) is 12.6 Å². The van der Waals surface area contributed by atoms with Gasteiger partial charge in [0.25, 0.3) is 0 Å². The van der Waals surface area contributed by atoms with E-state index in [1.807, 2.05) is 6.92 Å². The fourth-order valence-electron chi connectivity index (χ4n) is 2.68. The van der Waals surface area contributed by atoms with Gasteiger partial charge in [0.15, 0.2) is 0 Å². The minimum absolute atomic E-state index is 0.0441. The summed E-state index contributed by atoms with van der Waals surface area (Å²) in [5, 5.41) is 7.97. The Bertz CT molecular complexity index is 634. The Balaban J connectivity index is 1.64. The number of hydrogen-bond donors (Lipinski definition) is 3. The third-order valence-corrected chi connectivity index (χ3v) is 4.40. The molecule has 2 aliphatic rings. The molecule has 1 saturated carbocycles. The molecule has 2 fully saturated rings. The topological polar surface area (TPSA) is 79.5 Å². The van der Waals surface area contributed by atoms with Crippen molar-refractivity contribution >= 4 is 17.6 Å². The first kappa shape index (κ1) is 16.5. The Morgan fingerprint density at radius 2 is 2.17 bits per heavy atom. The number of amides is 3. The summed E-state index contributed by atoms with van der Waals surface area (Å²) < 4.78 is 19.2. The Morgan fingerprint density at radius 3 is 2.88 bits per heavy atom. The van der Waals surface area contributed by atoms with E-state index >= 15 is 0 Å². The lowest BCUT2D eigenvalue weighted by atomic mass is 9.94. The van der Waals surface area contributed by atoms with Crippen molar-refractivity contribution in [2.75, 3.05) is 18.5 Å². The standard InChI is InChI=1S/C17H22FN3O3/c1-10-6-7-19-16(22)15(10)21-17(23)20-13-8-12(18)4-5-14(13)24-9-11-2-3-11/h4-5,8,10-11,15H,2-3,6-7,9H2,1H3,(H,19,22)(H2,20,21,23)/t10-,15-/m1/s1. The van der Waals surface area contributed by atoms with E-state index in [4.69, 9.17) is 4.74 Å². The van der Waals surface area contributed by atoms with Crippen LogP contribution in [0.25, 0.3) is 0 Å². The summed E-state index contributed by atoms with van der Waals surface area (Å²) in [6.45, 7) is 3.09. The van der Waals surface area contributed by atoms with Gasteiger partial charge in [-0.3, -0.25) is 4.79 Å². The molecule has 24 heavy (non-hydrogen) atoms. The van der Waals surface area contributed by atoms with E-state index in [0.29, 0.717) is 24.8 Å². The van der Waals surface area contributed by atoms with Crippen LogP contribution in [-0.2, 0) is 4.79 Å². The molecule has 1 heterocycles. The number of ether oxygens (including phenoxy) is 1. The normalized spacial score (nSPS) is 23.3. The van der Waals surface area contributed by atoms with Gasteiger partial charge in [-0.1, -0.05) is 6.92 Å². The van der Waals surface area contributed by atoms with E-state index in [9.17, 15) is 14.0 Å². The van der Waals surface area contributed by atoms with E-state index in [2.05, 4.69) is 16.0 Å². The zero-order chi connectivity index (χ0) is 17.1. The smallest absolute Gasteiger partial charge is 0.320 e. The number of halogens is 1. The number of urea groups is 1. The maximum Gasteiger partial charge on any atom is 0.320 e. The van der Waals surface area contributed by atoms with Crippen molar-refractivity contribution in [3.63, 3.8) is 0 Å². The zero-order valence-electron chi connectivity index (χ0n) is 13.6. The highest BCUT2D eigenvalue weighted by Gasteiger charge is 2.30. The number of benzene rings is 1. The molecule has 7 heteroatoms. The highest BCUT2D eigenvalue weighted by Crippen LogP contribution is 2.32. The average molecular weight is 335 g/mol. The molecular formula is C17H22FN3O3. The van der Waals surface area contributed by atoms with Gasteiger partial charge in [0.2, 0.25) is 5.91 Å². The number of carbonyl (C=O) groups is 2.